The Labute approximate surface area is 80.7 Å². The average Bonchev–Trinajstić information content (AvgIpc) is 2.10. The minimum atomic E-state index is -1.08. The molecule has 0 bridgehead atoms. The van der Waals surface area contributed by atoms with Crippen LogP contribution in [0.25, 0.3) is 0 Å². The van der Waals surface area contributed by atoms with Crippen molar-refractivity contribution in [2.75, 3.05) is 0 Å². The first-order chi connectivity index (χ1) is 6.18. The van der Waals surface area contributed by atoms with Crippen molar-refractivity contribution in [1.29, 1.82) is 0 Å². The van der Waals surface area contributed by atoms with Gasteiger partial charge in [-0.3, -0.25) is 0 Å². The van der Waals surface area contributed by atoms with E-state index in [1.54, 1.807) is 13.0 Å². The van der Waals surface area contributed by atoms with Gasteiger partial charge in [-0.15, -0.1) is 0 Å². The fraction of sp³-hybridized carbons (Fsp3) is 0.636. The Morgan fingerprint density at radius 1 is 1.38 bits per heavy atom. The van der Waals surface area contributed by atoms with E-state index < -0.39 is 5.97 Å². The van der Waals surface area contributed by atoms with Crippen molar-refractivity contribution in [3.8, 4) is 0 Å². The second kappa shape index (κ2) is 7.71. The van der Waals surface area contributed by atoms with Gasteiger partial charge in [-0.25, -0.2) is 0 Å². The second-order valence-corrected chi connectivity index (χ2v) is 3.22. The summed E-state index contributed by atoms with van der Waals surface area (Å²) in [6.45, 7) is 3.72. The van der Waals surface area contributed by atoms with Gasteiger partial charge in [0, 0.05) is 19.4 Å². The molecule has 0 aromatic rings. The predicted octanol–water partition coefficient (Wildman–Crippen LogP) is 1.86. The van der Waals surface area contributed by atoms with E-state index in [1.807, 2.05) is 6.08 Å². The van der Waals surface area contributed by atoms with Crippen molar-refractivity contribution >= 4 is 5.97 Å². The van der Waals surface area contributed by atoms with E-state index in [1.165, 1.54) is 19.3 Å². The van der Waals surface area contributed by atoms with Crippen molar-refractivity contribution in [2.24, 2.45) is 0 Å². The van der Waals surface area contributed by atoms with Crippen LogP contribution in [0, 0.1) is 5.92 Å². The van der Waals surface area contributed by atoms with Crippen LogP contribution in [0.15, 0.2) is 12.2 Å². The van der Waals surface area contributed by atoms with Crippen molar-refractivity contribution in [1.82, 2.24) is 0 Å². The number of unbranched alkanes of at least 4 members (excludes halogenated alkanes) is 4. The molecule has 0 saturated carbocycles. The molecule has 74 valence electrons. The fourth-order valence-electron chi connectivity index (χ4n) is 1.02. The molecule has 2 nitrogen and oxygen atoms in total. The molecule has 0 rings (SSSR count). The minimum Gasteiger partial charge on any atom is -0.526 e. The Hall–Kier alpha value is -0.920. The number of hydrogen-bond acceptors (Lipinski definition) is 2. The molecule has 0 atom stereocenters. The summed E-state index contributed by atoms with van der Waals surface area (Å²) in [4.78, 5) is 10.3. The summed E-state index contributed by atoms with van der Waals surface area (Å²) >= 11 is 0. The molecular weight excluding hydrogens is 164 g/mol. The van der Waals surface area contributed by atoms with Gasteiger partial charge in [0.15, 0.2) is 5.97 Å². The zero-order valence-electron chi connectivity index (χ0n) is 8.51. The van der Waals surface area contributed by atoms with E-state index in [2.05, 4.69) is 6.92 Å². The lowest BCUT2D eigenvalue weighted by Gasteiger charge is -1.96. The molecule has 0 fully saturated rings. The lowest BCUT2D eigenvalue weighted by Crippen LogP contribution is -2.26. The summed E-state index contributed by atoms with van der Waals surface area (Å²) in [7, 11) is 0. The maximum atomic E-state index is 10.3. The Bertz CT molecular complexity index is 161. The Balaban J connectivity index is 3.35. The van der Waals surface area contributed by atoms with E-state index in [9.17, 15) is 9.90 Å². The fourth-order valence-corrected chi connectivity index (χ4v) is 1.02. The van der Waals surface area contributed by atoms with E-state index >= 15 is 0 Å². The first-order valence-electron chi connectivity index (χ1n) is 4.90. The van der Waals surface area contributed by atoms with E-state index in [4.69, 9.17) is 0 Å². The topological polar surface area (TPSA) is 40.1 Å². The smallest absolute Gasteiger partial charge is 0.159 e. The third kappa shape index (κ3) is 7.44. The van der Waals surface area contributed by atoms with Crippen LogP contribution in [-0.2, 0) is 4.79 Å². The Morgan fingerprint density at radius 3 is 2.62 bits per heavy atom. The molecule has 0 unspecified atom stereocenters. The van der Waals surface area contributed by atoms with E-state index in [0.717, 1.165) is 12.8 Å². The first kappa shape index (κ1) is 12.1. The number of allylic oxidation sites excluding steroid dienone is 1. The molecule has 2 heteroatoms. The summed E-state index contributed by atoms with van der Waals surface area (Å²) in [6, 6.07) is 0. The summed E-state index contributed by atoms with van der Waals surface area (Å²) in [6.07, 6.45) is 9.35. The zero-order chi connectivity index (χ0) is 10.1. The van der Waals surface area contributed by atoms with Gasteiger partial charge < -0.3 is 9.90 Å². The molecular formula is C11H18O2. The third-order valence-electron chi connectivity index (χ3n) is 1.91. The second-order valence-electron chi connectivity index (χ2n) is 3.22. The average molecular weight is 182 g/mol. The van der Waals surface area contributed by atoms with Crippen LogP contribution in [0.4, 0.5) is 0 Å². The van der Waals surface area contributed by atoms with Crippen LogP contribution < -0.4 is 5.11 Å². The SMILES string of the molecule is CCCCCC/C=C/[C+](C)C(=O)[O-]. The minimum absolute atomic E-state index is 0.301. The predicted molar refractivity (Wildman–Crippen MR) is 51.8 cm³/mol. The van der Waals surface area contributed by atoms with Crippen LogP contribution >= 0.6 is 0 Å². The summed E-state index contributed by atoms with van der Waals surface area (Å²) in [5.74, 6) is -0.778. The highest BCUT2D eigenvalue weighted by Gasteiger charge is 2.04. The molecule has 0 aromatic heterocycles. The van der Waals surface area contributed by atoms with Crippen LogP contribution in [0.3, 0.4) is 0 Å². The third-order valence-corrected chi connectivity index (χ3v) is 1.91. The van der Waals surface area contributed by atoms with Crippen LogP contribution in [0.5, 0.6) is 0 Å². The van der Waals surface area contributed by atoms with Crippen LogP contribution in [0.1, 0.15) is 46.0 Å². The molecule has 13 heavy (non-hydrogen) atoms. The molecule has 0 amide bonds. The number of carboxylic acid groups (broad SMARTS) is 1. The molecule has 0 radical (unpaired) electrons. The highest BCUT2D eigenvalue weighted by atomic mass is 16.4. The molecule has 0 aliphatic heterocycles. The maximum absolute atomic E-state index is 10.3. The number of carbonyl (C=O) groups is 1. The molecule has 0 aliphatic rings. The standard InChI is InChI=1S/C11H18O2/c1-3-4-5-6-7-8-9-10(2)11(12)13/h8-9H,3-7H2,1-2H3/b9-8+. The molecule has 0 saturated heterocycles. The van der Waals surface area contributed by atoms with Gasteiger partial charge in [0.05, 0.1) is 6.08 Å². The van der Waals surface area contributed by atoms with Crippen LogP contribution in [-0.4, -0.2) is 5.97 Å². The number of rotatable bonds is 7. The number of carbonyl (C=O) groups excluding carboxylic acids is 1. The zero-order valence-corrected chi connectivity index (χ0v) is 8.51. The van der Waals surface area contributed by atoms with Crippen LogP contribution in [0.2, 0.25) is 0 Å². The van der Waals surface area contributed by atoms with Crippen molar-refractivity contribution < 1.29 is 9.90 Å². The Morgan fingerprint density at radius 2 is 2.08 bits per heavy atom. The maximum Gasteiger partial charge on any atom is 0.159 e. The van der Waals surface area contributed by atoms with Gasteiger partial charge in [0.25, 0.3) is 0 Å². The lowest BCUT2D eigenvalue weighted by molar-refractivity contribution is -0.301. The summed E-state index contributed by atoms with van der Waals surface area (Å²) < 4.78 is 0. The largest absolute Gasteiger partial charge is 0.526 e. The number of hydrogen-bond donors (Lipinski definition) is 0. The van der Waals surface area contributed by atoms with Crippen molar-refractivity contribution in [3.05, 3.63) is 18.1 Å². The van der Waals surface area contributed by atoms with E-state index in [0.29, 0.717) is 5.92 Å². The highest BCUT2D eigenvalue weighted by molar-refractivity contribution is 5.82. The normalized spacial score (nSPS) is 10.6. The van der Waals surface area contributed by atoms with Gasteiger partial charge in [-0.1, -0.05) is 26.2 Å². The molecule has 0 N–H and O–H groups in total. The van der Waals surface area contributed by atoms with Gasteiger partial charge in [0.1, 0.15) is 5.92 Å². The van der Waals surface area contributed by atoms with Crippen molar-refractivity contribution in [3.63, 3.8) is 0 Å². The summed E-state index contributed by atoms with van der Waals surface area (Å²) in [5.41, 5.74) is 0. The first-order valence-corrected chi connectivity index (χ1v) is 4.90. The molecule has 0 spiro atoms. The van der Waals surface area contributed by atoms with Gasteiger partial charge in [0.2, 0.25) is 0 Å². The van der Waals surface area contributed by atoms with Crippen molar-refractivity contribution in [2.45, 2.75) is 46.0 Å². The Kier molecular flexibility index (Phi) is 7.17. The summed E-state index contributed by atoms with van der Waals surface area (Å²) in [5, 5.41) is 10.3. The van der Waals surface area contributed by atoms with Gasteiger partial charge in [-0.2, -0.15) is 0 Å². The monoisotopic (exact) mass is 182 g/mol. The number of aliphatic carboxylic acids is 1. The molecule has 0 heterocycles. The van der Waals surface area contributed by atoms with Gasteiger partial charge >= 0.3 is 0 Å². The van der Waals surface area contributed by atoms with Gasteiger partial charge in [-0.05, 0) is 6.42 Å². The molecule has 0 aliphatic carbocycles. The molecule has 0 aromatic carbocycles. The quantitative estimate of drug-likeness (QED) is 0.445. The highest BCUT2D eigenvalue weighted by Crippen LogP contribution is 2.05. The lowest BCUT2D eigenvalue weighted by atomic mass is 10.1. The van der Waals surface area contributed by atoms with E-state index in [-0.39, 0.29) is 0 Å². The number of carboxylic acids is 1.